The number of halogens is 2. The summed E-state index contributed by atoms with van der Waals surface area (Å²) in [5, 5.41) is 2.64. The molecule has 2 aromatic carbocycles. The van der Waals surface area contributed by atoms with E-state index in [2.05, 4.69) is 31.0 Å². The van der Waals surface area contributed by atoms with Crippen molar-refractivity contribution in [3.05, 3.63) is 52.8 Å². The first-order chi connectivity index (χ1) is 12.5. The maximum Gasteiger partial charge on any atom is 0.238 e. The zero-order valence-electron chi connectivity index (χ0n) is 14.5. The van der Waals surface area contributed by atoms with Crippen LogP contribution in [0.1, 0.15) is 0 Å². The molecule has 1 fully saturated rings. The summed E-state index contributed by atoms with van der Waals surface area (Å²) in [7, 11) is 1.65. The number of methoxy groups -OCH3 is 1. The first-order valence-electron chi connectivity index (χ1n) is 8.41. The van der Waals surface area contributed by atoms with Gasteiger partial charge in [0.1, 0.15) is 11.6 Å². The molecule has 1 aliphatic rings. The molecule has 0 unspecified atom stereocenters. The highest BCUT2D eigenvalue weighted by molar-refractivity contribution is 9.10. The third-order valence-electron chi connectivity index (χ3n) is 4.38. The summed E-state index contributed by atoms with van der Waals surface area (Å²) in [4.78, 5) is 16.5. The van der Waals surface area contributed by atoms with Crippen molar-refractivity contribution >= 4 is 33.2 Å². The second kappa shape index (κ2) is 8.51. The predicted molar refractivity (Wildman–Crippen MR) is 104 cm³/mol. The molecule has 1 heterocycles. The summed E-state index contributed by atoms with van der Waals surface area (Å²) in [5.41, 5.74) is 1.35. The maximum atomic E-state index is 13.8. The minimum absolute atomic E-state index is 0.204. The van der Waals surface area contributed by atoms with Crippen LogP contribution in [0.25, 0.3) is 0 Å². The SMILES string of the molecule is COc1ccc(N2CCN(CC(=O)Nc3ccc(Br)cc3F)CC2)cc1. The number of rotatable bonds is 5. The Labute approximate surface area is 160 Å². The van der Waals surface area contributed by atoms with Crippen molar-refractivity contribution in [3.8, 4) is 5.75 Å². The Morgan fingerprint density at radius 2 is 1.85 bits per heavy atom. The van der Waals surface area contributed by atoms with Crippen molar-refractivity contribution < 1.29 is 13.9 Å². The number of benzene rings is 2. The summed E-state index contributed by atoms with van der Waals surface area (Å²) in [6.07, 6.45) is 0. The minimum atomic E-state index is -0.447. The van der Waals surface area contributed by atoms with E-state index in [1.165, 1.54) is 6.07 Å². The van der Waals surface area contributed by atoms with Crippen LogP contribution < -0.4 is 15.0 Å². The summed E-state index contributed by atoms with van der Waals surface area (Å²) < 4.78 is 19.6. The average molecular weight is 422 g/mol. The summed E-state index contributed by atoms with van der Waals surface area (Å²) in [5.74, 6) is 0.186. The van der Waals surface area contributed by atoms with Gasteiger partial charge in [-0.3, -0.25) is 9.69 Å². The van der Waals surface area contributed by atoms with Crippen LogP contribution in [0.15, 0.2) is 46.9 Å². The first-order valence-corrected chi connectivity index (χ1v) is 9.21. The largest absolute Gasteiger partial charge is 0.497 e. The van der Waals surface area contributed by atoms with Crippen LogP contribution in [0.4, 0.5) is 15.8 Å². The van der Waals surface area contributed by atoms with Crippen molar-refractivity contribution in [1.29, 1.82) is 0 Å². The van der Waals surface area contributed by atoms with Gasteiger partial charge in [0.15, 0.2) is 0 Å². The Morgan fingerprint density at radius 3 is 2.46 bits per heavy atom. The number of carbonyl (C=O) groups excluding carboxylic acids is 1. The third kappa shape index (κ3) is 4.74. The van der Waals surface area contributed by atoms with Gasteiger partial charge in [-0.1, -0.05) is 15.9 Å². The van der Waals surface area contributed by atoms with Gasteiger partial charge in [-0.15, -0.1) is 0 Å². The molecule has 0 aromatic heterocycles. The molecule has 0 atom stereocenters. The number of anilines is 2. The lowest BCUT2D eigenvalue weighted by Gasteiger charge is -2.35. The van der Waals surface area contributed by atoms with Crippen molar-refractivity contribution in [2.75, 3.05) is 50.1 Å². The second-order valence-electron chi connectivity index (χ2n) is 6.13. The van der Waals surface area contributed by atoms with Gasteiger partial charge in [0, 0.05) is 36.3 Å². The number of ether oxygens (including phenoxy) is 1. The molecule has 26 heavy (non-hydrogen) atoms. The monoisotopic (exact) mass is 421 g/mol. The van der Waals surface area contributed by atoms with Gasteiger partial charge < -0.3 is 15.0 Å². The fraction of sp³-hybridized carbons (Fsp3) is 0.316. The standard InChI is InChI=1S/C19H21BrFN3O2/c1-26-16-5-3-15(4-6-16)24-10-8-23(9-11-24)13-19(25)22-18-7-2-14(20)12-17(18)21/h2-7,12H,8-11,13H2,1H3,(H,22,25). The number of carbonyl (C=O) groups is 1. The molecule has 0 aliphatic carbocycles. The topological polar surface area (TPSA) is 44.8 Å². The smallest absolute Gasteiger partial charge is 0.238 e. The van der Waals surface area contributed by atoms with Crippen LogP contribution >= 0.6 is 15.9 Å². The van der Waals surface area contributed by atoms with E-state index in [1.54, 1.807) is 19.2 Å². The van der Waals surface area contributed by atoms with E-state index in [1.807, 2.05) is 24.3 Å². The number of piperazine rings is 1. The average Bonchev–Trinajstić information content (AvgIpc) is 2.65. The van der Waals surface area contributed by atoms with Crippen LogP contribution in [0, 0.1) is 5.82 Å². The van der Waals surface area contributed by atoms with Crippen LogP contribution in [-0.4, -0.2) is 50.6 Å². The number of nitrogens with zero attached hydrogens (tertiary/aromatic N) is 2. The second-order valence-corrected chi connectivity index (χ2v) is 7.05. The molecular formula is C19H21BrFN3O2. The van der Waals surface area contributed by atoms with Gasteiger partial charge in [-0.05, 0) is 42.5 Å². The quantitative estimate of drug-likeness (QED) is 0.803. The van der Waals surface area contributed by atoms with Gasteiger partial charge in [-0.25, -0.2) is 4.39 Å². The van der Waals surface area contributed by atoms with Gasteiger partial charge in [0.25, 0.3) is 0 Å². The molecule has 138 valence electrons. The van der Waals surface area contributed by atoms with E-state index < -0.39 is 5.82 Å². The third-order valence-corrected chi connectivity index (χ3v) is 4.88. The minimum Gasteiger partial charge on any atom is -0.497 e. The molecule has 0 spiro atoms. The van der Waals surface area contributed by atoms with Crippen LogP contribution in [0.3, 0.4) is 0 Å². The highest BCUT2D eigenvalue weighted by Crippen LogP contribution is 2.21. The summed E-state index contributed by atoms with van der Waals surface area (Å²) in [6.45, 7) is 3.50. The highest BCUT2D eigenvalue weighted by Gasteiger charge is 2.19. The molecule has 3 rings (SSSR count). The molecule has 1 amide bonds. The molecular weight excluding hydrogens is 401 g/mol. The van der Waals surface area contributed by atoms with Gasteiger partial charge in [0.05, 0.1) is 19.3 Å². The molecule has 0 radical (unpaired) electrons. The van der Waals surface area contributed by atoms with E-state index in [9.17, 15) is 9.18 Å². The number of nitrogens with one attached hydrogen (secondary N) is 1. The molecule has 2 aromatic rings. The lowest BCUT2D eigenvalue weighted by Crippen LogP contribution is -2.48. The Balaban J connectivity index is 1.49. The Hall–Kier alpha value is -2.12. The molecule has 7 heteroatoms. The Kier molecular flexibility index (Phi) is 6.11. The molecule has 1 aliphatic heterocycles. The molecule has 1 saturated heterocycles. The zero-order valence-corrected chi connectivity index (χ0v) is 16.1. The maximum absolute atomic E-state index is 13.8. The van der Waals surface area contributed by atoms with Gasteiger partial charge in [0.2, 0.25) is 5.91 Å². The van der Waals surface area contributed by atoms with Crippen molar-refractivity contribution in [2.45, 2.75) is 0 Å². The van der Waals surface area contributed by atoms with Crippen molar-refractivity contribution in [3.63, 3.8) is 0 Å². The van der Waals surface area contributed by atoms with Crippen molar-refractivity contribution in [1.82, 2.24) is 4.90 Å². The van der Waals surface area contributed by atoms with E-state index >= 15 is 0 Å². The fourth-order valence-electron chi connectivity index (χ4n) is 2.94. The summed E-state index contributed by atoms with van der Waals surface area (Å²) >= 11 is 3.20. The lowest BCUT2D eigenvalue weighted by atomic mass is 10.2. The number of hydrogen-bond donors (Lipinski definition) is 1. The van der Waals surface area contributed by atoms with Crippen LogP contribution in [0.5, 0.6) is 5.75 Å². The first kappa shape index (κ1) is 18.7. The van der Waals surface area contributed by atoms with Gasteiger partial charge in [-0.2, -0.15) is 0 Å². The van der Waals surface area contributed by atoms with Crippen LogP contribution in [-0.2, 0) is 4.79 Å². The Morgan fingerprint density at radius 1 is 1.15 bits per heavy atom. The molecule has 1 N–H and O–H groups in total. The van der Waals surface area contributed by atoms with Crippen LogP contribution in [0.2, 0.25) is 0 Å². The van der Waals surface area contributed by atoms with Gasteiger partial charge >= 0.3 is 0 Å². The molecule has 0 bridgehead atoms. The summed E-state index contributed by atoms with van der Waals surface area (Å²) in [6, 6.07) is 12.6. The van der Waals surface area contributed by atoms with E-state index in [0.29, 0.717) is 4.47 Å². The highest BCUT2D eigenvalue weighted by atomic mass is 79.9. The van der Waals surface area contributed by atoms with E-state index in [0.717, 1.165) is 37.6 Å². The number of amides is 1. The van der Waals surface area contributed by atoms with E-state index in [4.69, 9.17) is 4.74 Å². The zero-order chi connectivity index (χ0) is 18.5. The molecule has 5 nitrogen and oxygen atoms in total. The number of hydrogen-bond acceptors (Lipinski definition) is 4. The predicted octanol–water partition coefficient (Wildman–Crippen LogP) is 3.36. The van der Waals surface area contributed by atoms with Crippen molar-refractivity contribution in [2.24, 2.45) is 0 Å². The Bertz CT molecular complexity index is 762. The lowest BCUT2D eigenvalue weighted by molar-refractivity contribution is -0.117. The normalized spacial score (nSPS) is 15.0. The fourth-order valence-corrected chi connectivity index (χ4v) is 3.27. The molecule has 0 saturated carbocycles. The van der Waals surface area contributed by atoms with E-state index in [-0.39, 0.29) is 18.1 Å².